The largest absolute Gasteiger partial charge is 0.479 e. The van der Waals surface area contributed by atoms with E-state index in [2.05, 4.69) is 13.8 Å². The quantitative estimate of drug-likeness (QED) is 0.473. The minimum Gasteiger partial charge on any atom is -0.479 e. The molecule has 0 spiro atoms. The summed E-state index contributed by atoms with van der Waals surface area (Å²) >= 11 is 0. The number of ether oxygens (including phenoxy) is 1. The van der Waals surface area contributed by atoms with Gasteiger partial charge in [-0.1, -0.05) is 62.4 Å². The third kappa shape index (κ3) is 5.72. The second-order valence-corrected chi connectivity index (χ2v) is 7.72. The van der Waals surface area contributed by atoms with Crippen LogP contribution >= 0.6 is 0 Å². The van der Waals surface area contributed by atoms with Crippen molar-refractivity contribution >= 4 is 17.8 Å². The molecule has 1 aromatic heterocycles. The van der Waals surface area contributed by atoms with E-state index in [1.807, 2.05) is 71.4 Å². The van der Waals surface area contributed by atoms with Gasteiger partial charge in [-0.25, -0.2) is 4.79 Å². The highest BCUT2D eigenvalue weighted by Crippen LogP contribution is 2.18. The summed E-state index contributed by atoms with van der Waals surface area (Å²) in [6.45, 7) is 6.28. The van der Waals surface area contributed by atoms with Crippen LogP contribution in [0.5, 0.6) is 5.75 Å². The molecule has 0 aliphatic carbocycles. The van der Waals surface area contributed by atoms with Crippen LogP contribution in [0.15, 0.2) is 72.9 Å². The molecule has 5 heteroatoms. The van der Waals surface area contributed by atoms with Gasteiger partial charge in [0, 0.05) is 18.3 Å². The lowest BCUT2D eigenvalue weighted by Gasteiger charge is -2.10. The number of carboxylic acid groups (broad SMARTS) is 1. The number of hydrogen-bond acceptors (Lipinski definition) is 3. The van der Waals surface area contributed by atoms with Gasteiger partial charge in [0.25, 0.3) is 0 Å². The van der Waals surface area contributed by atoms with Crippen LogP contribution in [0.3, 0.4) is 0 Å². The molecule has 0 radical (unpaired) electrons. The van der Waals surface area contributed by atoms with E-state index in [1.54, 1.807) is 12.1 Å². The van der Waals surface area contributed by atoms with Crippen molar-refractivity contribution in [3.8, 4) is 5.75 Å². The maximum atomic E-state index is 12.9. The van der Waals surface area contributed by atoms with E-state index in [0.717, 1.165) is 5.56 Å². The van der Waals surface area contributed by atoms with Crippen LogP contribution in [0.2, 0.25) is 0 Å². The van der Waals surface area contributed by atoms with Crippen molar-refractivity contribution < 1.29 is 19.4 Å². The number of rotatable bonds is 9. The molecule has 160 valence electrons. The highest BCUT2D eigenvalue weighted by molar-refractivity contribution is 6.08. The first-order valence-electron chi connectivity index (χ1n) is 10.3. The van der Waals surface area contributed by atoms with Gasteiger partial charge in [0.05, 0.1) is 5.69 Å². The van der Waals surface area contributed by atoms with Crippen LogP contribution < -0.4 is 4.74 Å². The molecular formula is C26H27NO4. The van der Waals surface area contributed by atoms with Crippen molar-refractivity contribution in [2.75, 3.05) is 0 Å². The summed E-state index contributed by atoms with van der Waals surface area (Å²) in [6.07, 6.45) is 4.85. The maximum Gasteiger partial charge on any atom is 0.344 e. The van der Waals surface area contributed by atoms with Crippen LogP contribution in [-0.4, -0.2) is 27.5 Å². The molecule has 0 fully saturated rings. The van der Waals surface area contributed by atoms with Gasteiger partial charge in [0.1, 0.15) is 5.75 Å². The molecule has 3 rings (SSSR count). The maximum absolute atomic E-state index is 12.9. The second kappa shape index (κ2) is 9.94. The fourth-order valence-corrected chi connectivity index (χ4v) is 3.20. The minimum absolute atomic E-state index is 0.00763. The number of hydrogen-bond donors (Lipinski definition) is 1. The number of carbonyl (C=O) groups is 2. The number of aromatic nitrogens is 1. The van der Waals surface area contributed by atoms with Crippen LogP contribution in [0.25, 0.3) is 6.08 Å². The van der Waals surface area contributed by atoms with E-state index >= 15 is 0 Å². The van der Waals surface area contributed by atoms with E-state index < -0.39 is 12.1 Å². The zero-order chi connectivity index (χ0) is 22.4. The number of allylic oxidation sites excluding steroid dienone is 1. The Labute approximate surface area is 182 Å². The molecular weight excluding hydrogens is 390 g/mol. The van der Waals surface area contributed by atoms with E-state index in [4.69, 9.17) is 9.84 Å². The fourth-order valence-electron chi connectivity index (χ4n) is 3.20. The van der Waals surface area contributed by atoms with Crippen molar-refractivity contribution in [2.45, 2.75) is 39.3 Å². The molecule has 0 bridgehead atoms. The zero-order valence-electron chi connectivity index (χ0n) is 18.0. The Bertz CT molecular complexity index is 1080. The normalized spacial score (nSPS) is 12.3. The molecule has 1 N–H and O–H groups in total. The predicted molar refractivity (Wildman–Crippen MR) is 122 cm³/mol. The SMILES string of the molecule is CC(Oc1cccc(/C=C/Cn2cccc2C(=O)c2ccc(C(C)C)cc2)c1)C(=O)O. The predicted octanol–water partition coefficient (Wildman–Crippen LogP) is 5.41. The van der Waals surface area contributed by atoms with Gasteiger partial charge in [0.2, 0.25) is 5.78 Å². The minimum atomic E-state index is -1.01. The molecule has 2 aromatic carbocycles. The number of benzene rings is 2. The number of nitrogens with zero attached hydrogens (tertiary/aromatic N) is 1. The average Bonchev–Trinajstić information content (AvgIpc) is 3.22. The topological polar surface area (TPSA) is 68.5 Å². The lowest BCUT2D eigenvalue weighted by Crippen LogP contribution is -2.22. The first-order valence-corrected chi connectivity index (χ1v) is 10.3. The van der Waals surface area contributed by atoms with Crippen LogP contribution in [-0.2, 0) is 11.3 Å². The smallest absolute Gasteiger partial charge is 0.344 e. The highest BCUT2D eigenvalue weighted by Gasteiger charge is 2.14. The standard InChI is InChI=1S/C26H27NO4/c1-18(2)21-11-13-22(14-12-21)25(28)24-10-6-16-27(24)15-5-8-20-7-4-9-23(17-20)31-19(3)26(29)30/h4-14,16-19H,15H2,1-3H3,(H,29,30)/b8-5+. The Morgan fingerprint density at radius 3 is 2.45 bits per heavy atom. The van der Waals surface area contributed by atoms with Gasteiger partial charge in [-0.2, -0.15) is 0 Å². The van der Waals surface area contributed by atoms with Crippen molar-refractivity contribution in [2.24, 2.45) is 0 Å². The summed E-state index contributed by atoms with van der Waals surface area (Å²) in [6, 6.07) is 18.7. The molecule has 31 heavy (non-hydrogen) atoms. The van der Waals surface area contributed by atoms with Crippen molar-refractivity contribution in [3.05, 3.63) is 95.3 Å². The molecule has 3 aromatic rings. The van der Waals surface area contributed by atoms with Crippen molar-refractivity contribution in [1.29, 1.82) is 0 Å². The Balaban J connectivity index is 1.69. The summed E-state index contributed by atoms with van der Waals surface area (Å²) in [7, 11) is 0. The molecule has 0 saturated carbocycles. The van der Waals surface area contributed by atoms with Gasteiger partial charge >= 0.3 is 5.97 Å². The number of ketones is 1. The molecule has 1 atom stereocenters. The number of aliphatic carboxylic acids is 1. The van der Waals surface area contributed by atoms with Gasteiger partial charge in [-0.05, 0) is 48.2 Å². The third-order valence-electron chi connectivity index (χ3n) is 5.03. The summed E-state index contributed by atoms with van der Waals surface area (Å²) in [4.78, 5) is 23.9. The van der Waals surface area contributed by atoms with E-state index in [-0.39, 0.29) is 5.78 Å². The number of carboxylic acids is 1. The van der Waals surface area contributed by atoms with Gasteiger partial charge in [-0.3, -0.25) is 4.79 Å². The Morgan fingerprint density at radius 1 is 1.03 bits per heavy atom. The van der Waals surface area contributed by atoms with Gasteiger partial charge in [-0.15, -0.1) is 0 Å². The third-order valence-corrected chi connectivity index (χ3v) is 5.03. The summed E-state index contributed by atoms with van der Waals surface area (Å²) in [5.41, 5.74) is 3.40. The average molecular weight is 418 g/mol. The Hall–Kier alpha value is -3.60. The van der Waals surface area contributed by atoms with Gasteiger partial charge < -0.3 is 14.4 Å². The van der Waals surface area contributed by atoms with E-state index in [9.17, 15) is 9.59 Å². The summed E-state index contributed by atoms with van der Waals surface area (Å²) in [5.74, 6) is -0.0931. The lowest BCUT2D eigenvalue weighted by molar-refractivity contribution is -0.144. The zero-order valence-corrected chi connectivity index (χ0v) is 18.0. The Morgan fingerprint density at radius 2 is 1.77 bits per heavy atom. The molecule has 5 nitrogen and oxygen atoms in total. The first kappa shape index (κ1) is 22.1. The fraction of sp³-hybridized carbons (Fsp3) is 0.231. The molecule has 0 saturated heterocycles. The number of carbonyl (C=O) groups excluding carboxylic acids is 1. The molecule has 0 aliphatic rings. The van der Waals surface area contributed by atoms with Crippen LogP contribution in [0.1, 0.15) is 53.9 Å². The lowest BCUT2D eigenvalue weighted by atomic mass is 10.00. The summed E-state index contributed by atoms with van der Waals surface area (Å²) in [5, 5.41) is 8.98. The Kier molecular flexibility index (Phi) is 7.08. The van der Waals surface area contributed by atoms with E-state index in [1.165, 1.54) is 12.5 Å². The summed E-state index contributed by atoms with van der Waals surface area (Å²) < 4.78 is 7.31. The van der Waals surface area contributed by atoms with Crippen LogP contribution in [0.4, 0.5) is 0 Å². The van der Waals surface area contributed by atoms with E-state index in [0.29, 0.717) is 29.5 Å². The van der Waals surface area contributed by atoms with Crippen molar-refractivity contribution in [3.63, 3.8) is 0 Å². The van der Waals surface area contributed by atoms with Crippen molar-refractivity contribution in [1.82, 2.24) is 4.57 Å². The first-order chi connectivity index (χ1) is 14.8. The molecule has 1 heterocycles. The molecule has 0 amide bonds. The van der Waals surface area contributed by atoms with Gasteiger partial charge in [0.15, 0.2) is 6.10 Å². The molecule has 0 aliphatic heterocycles. The molecule has 1 unspecified atom stereocenters. The monoisotopic (exact) mass is 417 g/mol. The second-order valence-electron chi connectivity index (χ2n) is 7.72. The van der Waals surface area contributed by atoms with Crippen LogP contribution in [0, 0.1) is 0 Å². The highest BCUT2D eigenvalue weighted by atomic mass is 16.5.